The van der Waals surface area contributed by atoms with Crippen LogP contribution in [0.1, 0.15) is 19.8 Å². The van der Waals surface area contributed by atoms with Gasteiger partial charge in [-0.15, -0.1) is 0 Å². The zero-order chi connectivity index (χ0) is 20.1. The fourth-order valence-corrected chi connectivity index (χ4v) is 4.46. The average molecular weight is 406 g/mol. The van der Waals surface area contributed by atoms with Crippen LogP contribution < -0.4 is 10.1 Å². The van der Waals surface area contributed by atoms with Crippen LogP contribution in [0.25, 0.3) is 0 Å². The van der Waals surface area contributed by atoms with E-state index in [9.17, 15) is 17.6 Å². The molecule has 6 nitrogen and oxygen atoms in total. The second-order valence-electron chi connectivity index (χ2n) is 6.91. The molecule has 3 rings (SSSR count). The topological polar surface area (TPSA) is 75.7 Å². The van der Waals surface area contributed by atoms with Crippen LogP contribution in [0.2, 0.25) is 0 Å². The van der Waals surface area contributed by atoms with E-state index in [0.717, 1.165) is 12.8 Å². The molecule has 150 valence electrons. The summed E-state index contributed by atoms with van der Waals surface area (Å²) in [4.78, 5) is 12.2. The molecule has 28 heavy (non-hydrogen) atoms. The first kappa shape index (κ1) is 20.3. The molecule has 1 aliphatic rings. The molecule has 1 N–H and O–H groups in total. The van der Waals surface area contributed by atoms with Gasteiger partial charge in [-0.25, -0.2) is 12.8 Å². The molecule has 1 amide bonds. The Morgan fingerprint density at radius 2 is 1.86 bits per heavy atom. The van der Waals surface area contributed by atoms with Crippen LogP contribution in [0.15, 0.2) is 53.4 Å². The molecule has 0 aliphatic carbocycles. The number of nitrogens with one attached hydrogen (secondary N) is 1. The Hall–Kier alpha value is -2.45. The van der Waals surface area contributed by atoms with Gasteiger partial charge in [-0.05, 0) is 55.2 Å². The minimum atomic E-state index is -3.52. The Morgan fingerprint density at radius 3 is 2.50 bits per heavy atom. The van der Waals surface area contributed by atoms with Crippen LogP contribution in [0.3, 0.4) is 0 Å². The highest BCUT2D eigenvalue weighted by molar-refractivity contribution is 7.89. The van der Waals surface area contributed by atoms with Crippen molar-refractivity contribution in [3.63, 3.8) is 0 Å². The van der Waals surface area contributed by atoms with Gasteiger partial charge in [-0.3, -0.25) is 4.79 Å². The molecule has 1 heterocycles. The van der Waals surface area contributed by atoms with E-state index in [-0.39, 0.29) is 17.3 Å². The third kappa shape index (κ3) is 5.08. The van der Waals surface area contributed by atoms with Gasteiger partial charge in [0, 0.05) is 24.8 Å². The molecule has 1 aliphatic heterocycles. The Balaban J connectivity index is 1.57. The van der Waals surface area contributed by atoms with E-state index in [1.807, 2.05) is 0 Å². The lowest BCUT2D eigenvalue weighted by atomic mass is 10.0. The zero-order valence-electron chi connectivity index (χ0n) is 15.6. The minimum Gasteiger partial charge on any atom is -0.484 e. The normalized spacial score (nSPS) is 15.9. The maximum Gasteiger partial charge on any atom is 0.262 e. The lowest BCUT2D eigenvalue weighted by molar-refractivity contribution is -0.118. The second-order valence-corrected chi connectivity index (χ2v) is 8.84. The number of hydrogen-bond acceptors (Lipinski definition) is 4. The van der Waals surface area contributed by atoms with Crippen LogP contribution in [0, 0.1) is 11.7 Å². The van der Waals surface area contributed by atoms with Crippen molar-refractivity contribution >= 4 is 21.6 Å². The molecule has 1 fully saturated rings. The summed E-state index contributed by atoms with van der Waals surface area (Å²) in [5, 5.41) is 2.62. The monoisotopic (exact) mass is 406 g/mol. The van der Waals surface area contributed by atoms with Crippen molar-refractivity contribution in [3.05, 3.63) is 54.3 Å². The van der Waals surface area contributed by atoms with Gasteiger partial charge in [0.1, 0.15) is 11.6 Å². The summed E-state index contributed by atoms with van der Waals surface area (Å²) in [6, 6.07) is 11.6. The van der Waals surface area contributed by atoms with E-state index in [0.29, 0.717) is 24.7 Å². The first-order valence-corrected chi connectivity index (χ1v) is 10.6. The van der Waals surface area contributed by atoms with E-state index in [1.54, 1.807) is 18.2 Å². The maximum atomic E-state index is 13.1. The fraction of sp³-hybridized carbons (Fsp3) is 0.350. The summed E-state index contributed by atoms with van der Waals surface area (Å²) in [7, 11) is -3.52. The molecular formula is C20H23FN2O4S. The number of piperidine rings is 1. The lowest BCUT2D eigenvalue weighted by Crippen LogP contribution is -2.37. The number of rotatable bonds is 6. The predicted octanol–water partition coefficient (Wildman–Crippen LogP) is 3.26. The number of carbonyl (C=O) groups is 1. The number of carbonyl (C=O) groups excluding carboxylic acids is 1. The van der Waals surface area contributed by atoms with Gasteiger partial charge in [0.05, 0.1) is 4.90 Å². The SMILES string of the molecule is CC1CCN(S(=O)(=O)c2ccc(NC(=O)COc3cccc(F)c3)cc2)CC1. The van der Waals surface area contributed by atoms with E-state index < -0.39 is 21.7 Å². The van der Waals surface area contributed by atoms with Crippen LogP contribution in [0.5, 0.6) is 5.75 Å². The standard InChI is InChI=1S/C20H23FN2O4S/c1-15-9-11-23(12-10-15)28(25,26)19-7-5-17(6-8-19)22-20(24)14-27-18-4-2-3-16(21)13-18/h2-8,13,15H,9-12,14H2,1H3,(H,22,24). The van der Waals surface area contributed by atoms with E-state index in [1.165, 1.54) is 34.6 Å². The number of anilines is 1. The molecule has 0 spiro atoms. The smallest absolute Gasteiger partial charge is 0.262 e. The van der Waals surface area contributed by atoms with Crippen molar-refractivity contribution in [2.75, 3.05) is 25.0 Å². The van der Waals surface area contributed by atoms with E-state index >= 15 is 0 Å². The molecule has 2 aromatic carbocycles. The van der Waals surface area contributed by atoms with Crippen molar-refractivity contribution in [2.24, 2.45) is 5.92 Å². The van der Waals surface area contributed by atoms with Gasteiger partial charge in [-0.1, -0.05) is 13.0 Å². The Bertz CT molecular complexity index is 923. The van der Waals surface area contributed by atoms with Gasteiger partial charge >= 0.3 is 0 Å². The number of amides is 1. The third-order valence-electron chi connectivity index (χ3n) is 4.68. The zero-order valence-corrected chi connectivity index (χ0v) is 16.4. The van der Waals surface area contributed by atoms with Crippen molar-refractivity contribution in [3.8, 4) is 5.75 Å². The van der Waals surface area contributed by atoms with Crippen LogP contribution in [-0.4, -0.2) is 38.3 Å². The Kier molecular flexibility index (Phi) is 6.31. The number of ether oxygens (including phenoxy) is 1. The molecule has 2 aromatic rings. The van der Waals surface area contributed by atoms with Gasteiger partial charge in [0.25, 0.3) is 5.91 Å². The Labute approximate surface area is 164 Å². The van der Waals surface area contributed by atoms with Crippen molar-refractivity contribution in [2.45, 2.75) is 24.7 Å². The summed E-state index contributed by atoms with van der Waals surface area (Å²) in [6.45, 7) is 2.90. The molecule has 0 atom stereocenters. The van der Waals surface area contributed by atoms with Gasteiger partial charge in [0.15, 0.2) is 6.61 Å². The second kappa shape index (κ2) is 8.70. The highest BCUT2D eigenvalue weighted by atomic mass is 32.2. The summed E-state index contributed by atoms with van der Waals surface area (Å²) in [6.07, 6.45) is 1.72. The molecule has 0 bridgehead atoms. The lowest BCUT2D eigenvalue weighted by Gasteiger charge is -2.29. The quantitative estimate of drug-likeness (QED) is 0.799. The molecule has 1 saturated heterocycles. The first-order valence-electron chi connectivity index (χ1n) is 9.13. The largest absolute Gasteiger partial charge is 0.484 e. The van der Waals surface area contributed by atoms with E-state index in [4.69, 9.17) is 4.74 Å². The van der Waals surface area contributed by atoms with Gasteiger partial charge in [-0.2, -0.15) is 4.31 Å². The van der Waals surface area contributed by atoms with E-state index in [2.05, 4.69) is 12.2 Å². The average Bonchev–Trinajstić information content (AvgIpc) is 2.67. The number of halogens is 1. The number of hydrogen-bond donors (Lipinski definition) is 1. The molecule has 0 aromatic heterocycles. The molecule has 0 saturated carbocycles. The Morgan fingerprint density at radius 1 is 1.18 bits per heavy atom. The minimum absolute atomic E-state index is 0.205. The summed E-state index contributed by atoms with van der Waals surface area (Å²) in [5.74, 6) is -0.0752. The maximum absolute atomic E-state index is 13.1. The third-order valence-corrected chi connectivity index (χ3v) is 6.60. The molecular weight excluding hydrogens is 383 g/mol. The van der Waals surface area contributed by atoms with Crippen LogP contribution >= 0.6 is 0 Å². The van der Waals surface area contributed by atoms with Crippen molar-refractivity contribution in [1.82, 2.24) is 4.31 Å². The van der Waals surface area contributed by atoms with Gasteiger partial charge < -0.3 is 10.1 Å². The predicted molar refractivity (Wildman–Crippen MR) is 104 cm³/mol. The number of sulfonamides is 1. The summed E-state index contributed by atoms with van der Waals surface area (Å²) in [5.41, 5.74) is 0.457. The number of nitrogens with zero attached hydrogens (tertiary/aromatic N) is 1. The van der Waals surface area contributed by atoms with Crippen LogP contribution in [-0.2, 0) is 14.8 Å². The number of benzene rings is 2. The fourth-order valence-electron chi connectivity index (χ4n) is 2.99. The highest BCUT2D eigenvalue weighted by Gasteiger charge is 2.27. The van der Waals surface area contributed by atoms with Crippen LogP contribution in [0.4, 0.5) is 10.1 Å². The summed E-state index contributed by atoms with van der Waals surface area (Å²) >= 11 is 0. The summed E-state index contributed by atoms with van der Waals surface area (Å²) < 4.78 is 45.2. The van der Waals surface area contributed by atoms with Gasteiger partial charge in [0.2, 0.25) is 10.0 Å². The molecule has 0 radical (unpaired) electrons. The molecule has 8 heteroatoms. The highest BCUT2D eigenvalue weighted by Crippen LogP contribution is 2.24. The van der Waals surface area contributed by atoms with Crippen molar-refractivity contribution in [1.29, 1.82) is 0 Å². The first-order chi connectivity index (χ1) is 13.3. The van der Waals surface area contributed by atoms with Crippen molar-refractivity contribution < 1.29 is 22.3 Å². The molecule has 0 unspecified atom stereocenters.